The molecule has 0 spiro atoms. The van der Waals surface area contributed by atoms with Crippen LogP contribution in [0.2, 0.25) is 5.02 Å². The predicted octanol–water partition coefficient (Wildman–Crippen LogP) is 3.09. The largest absolute Gasteiger partial charge is 0.398 e. The smallest absolute Gasteiger partial charge is 0.242 e. The molecule has 1 aliphatic rings. The van der Waals surface area contributed by atoms with Crippen LogP contribution in [0.3, 0.4) is 0 Å². The molecule has 3 N–H and O–H groups in total. The van der Waals surface area contributed by atoms with Gasteiger partial charge in [0.05, 0.1) is 5.02 Å². The first-order valence-electron chi connectivity index (χ1n) is 6.89. The lowest BCUT2D eigenvalue weighted by Gasteiger charge is -2.29. The van der Waals surface area contributed by atoms with Crippen LogP contribution in [0.1, 0.15) is 38.2 Å². The summed E-state index contributed by atoms with van der Waals surface area (Å²) in [5, 5.41) is 0.215. The first kappa shape index (κ1) is 15.6. The van der Waals surface area contributed by atoms with Gasteiger partial charge in [-0.3, -0.25) is 0 Å². The zero-order valence-corrected chi connectivity index (χ0v) is 13.4. The highest BCUT2D eigenvalue weighted by molar-refractivity contribution is 7.89. The maximum absolute atomic E-state index is 12.5. The monoisotopic (exact) mass is 316 g/mol. The number of nitrogens with two attached hydrogens (primary N) is 1. The lowest BCUT2D eigenvalue weighted by Crippen LogP contribution is -2.41. The van der Waals surface area contributed by atoms with Gasteiger partial charge in [-0.25, -0.2) is 13.1 Å². The van der Waals surface area contributed by atoms with Gasteiger partial charge in [-0.05, 0) is 43.4 Å². The number of nitrogen functional groups attached to an aromatic ring is 1. The van der Waals surface area contributed by atoms with E-state index in [0.717, 1.165) is 31.2 Å². The van der Waals surface area contributed by atoms with Gasteiger partial charge in [-0.15, -0.1) is 0 Å². The van der Waals surface area contributed by atoms with E-state index in [1.54, 1.807) is 13.0 Å². The Morgan fingerprint density at radius 1 is 1.30 bits per heavy atom. The Labute approximate surface area is 125 Å². The highest BCUT2D eigenvalue weighted by atomic mass is 35.5. The van der Waals surface area contributed by atoms with Crippen LogP contribution >= 0.6 is 11.6 Å². The number of anilines is 1. The molecule has 0 amide bonds. The Bertz CT molecular complexity index is 601. The van der Waals surface area contributed by atoms with Gasteiger partial charge in [0, 0.05) is 11.7 Å². The molecule has 2 unspecified atom stereocenters. The fraction of sp³-hybridized carbons (Fsp3) is 0.571. The summed E-state index contributed by atoms with van der Waals surface area (Å²) in [5.74, 6) is 0.347. The minimum Gasteiger partial charge on any atom is -0.398 e. The quantitative estimate of drug-likeness (QED) is 0.842. The molecule has 1 saturated carbocycles. The summed E-state index contributed by atoms with van der Waals surface area (Å²) < 4.78 is 27.7. The minimum atomic E-state index is -3.62. The summed E-state index contributed by atoms with van der Waals surface area (Å²) >= 11 is 6.07. The van der Waals surface area contributed by atoms with Gasteiger partial charge in [-0.2, -0.15) is 0 Å². The number of halogens is 1. The second-order valence-electron chi connectivity index (χ2n) is 5.63. The third kappa shape index (κ3) is 3.27. The lowest BCUT2D eigenvalue weighted by molar-refractivity contribution is 0.310. The third-order valence-corrected chi connectivity index (χ3v) is 5.98. The van der Waals surface area contributed by atoms with Crippen molar-refractivity contribution < 1.29 is 8.42 Å². The molecule has 1 fully saturated rings. The highest BCUT2D eigenvalue weighted by Crippen LogP contribution is 2.29. The molecule has 1 aromatic carbocycles. The van der Waals surface area contributed by atoms with Crippen molar-refractivity contribution in [1.82, 2.24) is 4.72 Å². The third-order valence-electron chi connectivity index (χ3n) is 4.03. The van der Waals surface area contributed by atoms with Crippen LogP contribution in [0.25, 0.3) is 0 Å². The van der Waals surface area contributed by atoms with Crippen molar-refractivity contribution in [3.8, 4) is 0 Å². The van der Waals surface area contributed by atoms with E-state index in [0.29, 0.717) is 11.6 Å². The molecule has 112 valence electrons. The molecule has 20 heavy (non-hydrogen) atoms. The molecule has 0 radical (unpaired) electrons. The Morgan fingerprint density at radius 3 is 2.60 bits per heavy atom. The van der Waals surface area contributed by atoms with Crippen LogP contribution in [0.4, 0.5) is 5.69 Å². The number of hydrogen-bond donors (Lipinski definition) is 2. The zero-order valence-electron chi connectivity index (χ0n) is 11.8. The Morgan fingerprint density at radius 2 is 1.95 bits per heavy atom. The molecule has 2 rings (SSSR count). The van der Waals surface area contributed by atoms with Crippen LogP contribution in [0, 0.1) is 12.8 Å². The van der Waals surface area contributed by atoms with E-state index < -0.39 is 10.0 Å². The van der Waals surface area contributed by atoms with Crippen LogP contribution in [-0.4, -0.2) is 14.5 Å². The summed E-state index contributed by atoms with van der Waals surface area (Å²) in [6.45, 7) is 3.88. The summed E-state index contributed by atoms with van der Waals surface area (Å²) in [6, 6.07) is 3.01. The van der Waals surface area contributed by atoms with Crippen molar-refractivity contribution in [2.45, 2.75) is 50.5 Å². The minimum absolute atomic E-state index is 0.0210. The normalized spacial score (nSPS) is 23.8. The molecule has 0 aromatic heterocycles. The summed E-state index contributed by atoms with van der Waals surface area (Å²) in [4.78, 5) is 0.0695. The number of hydrogen-bond acceptors (Lipinski definition) is 3. The van der Waals surface area contributed by atoms with Gasteiger partial charge in [0.2, 0.25) is 10.0 Å². The van der Waals surface area contributed by atoms with Crippen molar-refractivity contribution in [2.24, 2.45) is 5.92 Å². The van der Waals surface area contributed by atoms with E-state index in [2.05, 4.69) is 11.6 Å². The van der Waals surface area contributed by atoms with Crippen molar-refractivity contribution >= 4 is 27.3 Å². The summed E-state index contributed by atoms with van der Waals surface area (Å²) in [5.41, 5.74) is 7.01. The molecule has 2 atom stereocenters. The van der Waals surface area contributed by atoms with Gasteiger partial charge >= 0.3 is 0 Å². The number of sulfonamides is 1. The lowest BCUT2D eigenvalue weighted by atomic mass is 9.87. The van der Waals surface area contributed by atoms with Crippen molar-refractivity contribution in [3.05, 3.63) is 22.7 Å². The Kier molecular flexibility index (Phi) is 4.62. The van der Waals surface area contributed by atoms with Crippen molar-refractivity contribution in [2.75, 3.05) is 5.73 Å². The maximum atomic E-state index is 12.5. The van der Waals surface area contributed by atoms with E-state index in [1.807, 2.05) is 0 Å². The average molecular weight is 317 g/mol. The maximum Gasteiger partial charge on any atom is 0.242 e. The molecule has 1 aromatic rings. The number of benzene rings is 1. The Hall–Kier alpha value is -0.780. The second kappa shape index (κ2) is 5.92. The number of rotatable bonds is 3. The topological polar surface area (TPSA) is 72.2 Å². The van der Waals surface area contributed by atoms with Crippen LogP contribution in [0.15, 0.2) is 17.0 Å². The summed E-state index contributed by atoms with van der Waals surface area (Å²) in [6.07, 6.45) is 4.15. The van der Waals surface area contributed by atoms with Gasteiger partial charge < -0.3 is 5.73 Å². The molecular weight excluding hydrogens is 296 g/mol. The van der Waals surface area contributed by atoms with E-state index >= 15 is 0 Å². The van der Waals surface area contributed by atoms with E-state index in [1.165, 1.54) is 6.07 Å². The first-order valence-corrected chi connectivity index (χ1v) is 8.75. The molecule has 0 saturated heterocycles. The highest BCUT2D eigenvalue weighted by Gasteiger charge is 2.28. The molecule has 0 bridgehead atoms. The Balaban J connectivity index is 2.28. The summed E-state index contributed by atoms with van der Waals surface area (Å²) in [7, 11) is -3.62. The van der Waals surface area contributed by atoms with Crippen molar-refractivity contribution in [1.29, 1.82) is 0 Å². The SMILES string of the molecule is Cc1cc(Cl)c(S(=O)(=O)NC2CCCCC2C)cc1N. The molecule has 0 heterocycles. The second-order valence-corrected chi connectivity index (χ2v) is 7.72. The predicted molar refractivity (Wildman–Crippen MR) is 82.3 cm³/mol. The standard InChI is InChI=1S/C14H21ClN2O2S/c1-9-5-3-4-6-13(9)17-20(18,19)14-8-12(16)10(2)7-11(14)15/h7-9,13,17H,3-6,16H2,1-2H3. The molecular formula is C14H21ClN2O2S. The fourth-order valence-corrected chi connectivity index (χ4v) is 4.62. The number of nitrogens with one attached hydrogen (secondary N) is 1. The first-order chi connectivity index (χ1) is 9.31. The van der Waals surface area contributed by atoms with Gasteiger partial charge in [0.25, 0.3) is 0 Å². The molecule has 4 nitrogen and oxygen atoms in total. The van der Waals surface area contributed by atoms with Gasteiger partial charge in [0.15, 0.2) is 0 Å². The fourth-order valence-electron chi connectivity index (χ4n) is 2.63. The van der Waals surface area contributed by atoms with Crippen LogP contribution < -0.4 is 10.5 Å². The van der Waals surface area contributed by atoms with Gasteiger partial charge in [-0.1, -0.05) is 31.4 Å². The van der Waals surface area contributed by atoms with Crippen molar-refractivity contribution in [3.63, 3.8) is 0 Å². The van der Waals surface area contributed by atoms with E-state index in [4.69, 9.17) is 17.3 Å². The molecule has 6 heteroatoms. The molecule has 1 aliphatic carbocycles. The average Bonchev–Trinajstić information content (AvgIpc) is 2.36. The van der Waals surface area contributed by atoms with E-state index in [9.17, 15) is 8.42 Å². The van der Waals surface area contributed by atoms with Gasteiger partial charge in [0.1, 0.15) is 4.90 Å². The number of aryl methyl sites for hydroxylation is 1. The van der Waals surface area contributed by atoms with Crippen LogP contribution in [0.5, 0.6) is 0 Å². The molecule has 0 aliphatic heterocycles. The zero-order chi connectivity index (χ0) is 14.9. The van der Waals surface area contributed by atoms with E-state index in [-0.39, 0.29) is 16.0 Å². The van der Waals surface area contributed by atoms with Crippen LogP contribution in [-0.2, 0) is 10.0 Å².